The summed E-state index contributed by atoms with van der Waals surface area (Å²) in [4.78, 5) is 30.2. The van der Waals surface area contributed by atoms with Crippen LogP contribution in [-0.4, -0.2) is 36.1 Å². The average molecular weight is 585 g/mol. The first-order valence-corrected chi connectivity index (χ1v) is 15.6. The van der Waals surface area contributed by atoms with Crippen LogP contribution in [0.5, 0.6) is 0 Å². The van der Waals surface area contributed by atoms with Crippen molar-refractivity contribution in [3.63, 3.8) is 0 Å². The van der Waals surface area contributed by atoms with E-state index >= 15 is 0 Å². The zero-order chi connectivity index (χ0) is 30.1. The van der Waals surface area contributed by atoms with Crippen molar-refractivity contribution in [3.05, 3.63) is 106 Å². The number of carbonyl (C=O) groups is 2. The molecule has 0 amide bonds. The van der Waals surface area contributed by atoms with E-state index in [1.807, 2.05) is 49.4 Å². The minimum atomic E-state index is -0.476. The van der Waals surface area contributed by atoms with Crippen molar-refractivity contribution >= 4 is 28.9 Å². The molecular weight excluding hydrogens is 544 g/mol. The molecule has 3 aromatic rings. The molecule has 0 fully saturated rings. The number of ether oxygens (including phenoxy) is 2. The van der Waals surface area contributed by atoms with Crippen LogP contribution in [0.25, 0.3) is 11.1 Å². The second-order valence-electron chi connectivity index (χ2n) is 10.5. The van der Waals surface area contributed by atoms with Crippen molar-refractivity contribution in [1.82, 2.24) is 5.32 Å². The number of allylic oxidation sites excluding steroid dienone is 1. The van der Waals surface area contributed by atoms with Gasteiger partial charge in [-0.05, 0) is 79.5 Å². The first kappa shape index (κ1) is 31.1. The molecular formula is C35H40N2O4S. The predicted molar refractivity (Wildman–Crippen MR) is 172 cm³/mol. The lowest BCUT2D eigenvalue weighted by Crippen LogP contribution is -2.30. The molecule has 0 spiro atoms. The fraction of sp³-hybridized carbons (Fsp3) is 0.343. The van der Waals surface area contributed by atoms with Crippen LogP contribution in [0.15, 0.2) is 89.1 Å². The molecule has 220 valence electrons. The maximum absolute atomic E-state index is 13.0. The van der Waals surface area contributed by atoms with Gasteiger partial charge < -0.3 is 14.8 Å². The van der Waals surface area contributed by atoms with Gasteiger partial charge in [0.2, 0.25) is 0 Å². The highest BCUT2D eigenvalue weighted by Gasteiger charge is 2.30. The van der Waals surface area contributed by atoms with E-state index < -0.39 is 6.04 Å². The first-order chi connectivity index (χ1) is 20.3. The lowest BCUT2D eigenvalue weighted by molar-refractivity contribution is -0.138. The van der Waals surface area contributed by atoms with Gasteiger partial charge in [0.25, 0.3) is 0 Å². The van der Waals surface area contributed by atoms with Gasteiger partial charge in [-0.15, -0.1) is 0 Å². The highest BCUT2D eigenvalue weighted by atomic mass is 32.2. The number of amidine groups is 1. The lowest BCUT2D eigenvalue weighted by atomic mass is 9.94. The lowest BCUT2D eigenvalue weighted by Gasteiger charge is -2.26. The van der Waals surface area contributed by atoms with Crippen LogP contribution in [0, 0.1) is 0 Å². The monoisotopic (exact) mass is 584 g/mol. The molecule has 1 N–H and O–H groups in total. The van der Waals surface area contributed by atoms with Crippen LogP contribution >= 0.6 is 11.8 Å². The van der Waals surface area contributed by atoms with Crippen LogP contribution in [0.2, 0.25) is 0 Å². The number of nitrogens with zero attached hydrogens (tertiary/aromatic N) is 1. The summed E-state index contributed by atoms with van der Waals surface area (Å²) in [7, 11) is 0. The van der Waals surface area contributed by atoms with Gasteiger partial charge in [0.15, 0.2) is 5.17 Å². The predicted octanol–water partition coefficient (Wildman–Crippen LogP) is 7.86. The molecule has 1 aliphatic heterocycles. The van der Waals surface area contributed by atoms with Crippen LogP contribution in [0.4, 0.5) is 0 Å². The van der Waals surface area contributed by atoms with Crippen molar-refractivity contribution in [2.24, 2.45) is 4.99 Å². The number of hydrogen-bond donors (Lipinski definition) is 1. The Labute approximate surface area is 253 Å². The highest BCUT2D eigenvalue weighted by Crippen LogP contribution is 2.34. The van der Waals surface area contributed by atoms with E-state index in [0.717, 1.165) is 46.1 Å². The van der Waals surface area contributed by atoms with Gasteiger partial charge in [0.05, 0.1) is 24.4 Å². The molecule has 3 aromatic carbocycles. The smallest absolute Gasteiger partial charge is 0.338 e. The van der Waals surface area contributed by atoms with Crippen LogP contribution < -0.4 is 5.32 Å². The maximum atomic E-state index is 13.0. The Balaban J connectivity index is 1.49. The number of aryl methyl sites for hydroxylation is 1. The second-order valence-corrected chi connectivity index (χ2v) is 11.6. The third-order valence-corrected chi connectivity index (χ3v) is 8.12. The van der Waals surface area contributed by atoms with Gasteiger partial charge in [-0.25, -0.2) is 14.6 Å². The maximum Gasteiger partial charge on any atom is 0.338 e. The highest BCUT2D eigenvalue weighted by molar-refractivity contribution is 8.13. The van der Waals surface area contributed by atoms with Crippen LogP contribution in [0.1, 0.15) is 80.0 Å². The molecule has 0 aliphatic carbocycles. The summed E-state index contributed by atoms with van der Waals surface area (Å²) in [5, 5.41) is 4.13. The van der Waals surface area contributed by atoms with Crippen molar-refractivity contribution in [2.75, 3.05) is 19.0 Å². The molecule has 42 heavy (non-hydrogen) atoms. The van der Waals surface area contributed by atoms with E-state index in [9.17, 15) is 9.59 Å². The van der Waals surface area contributed by atoms with Gasteiger partial charge in [-0.2, -0.15) is 0 Å². The Morgan fingerprint density at radius 1 is 0.905 bits per heavy atom. The minimum absolute atomic E-state index is 0.293. The summed E-state index contributed by atoms with van der Waals surface area (Å²) >= 11 is 1.67. The molecule has 0 saturated carbocycles. The van der Waals surface area contributed by atoms with E-state index in [4.69, 9.17) is 14.5 Å². The number of aliphatic imine (C=N–C) groups is 1. The van der Waals surface area contributed by atoms with Gasteiger partial charge >= 0.3 is 11.9 Å². The number of nitrogens with one attached hydrogen (secondary N) is 1. The molecule has 1 atom stereocenters. The van der Waals surface area contributed by atoms with E-state index in [-0.39, 0.29) is 11.9 Å². The molecule has 6 nitrogen and oxygen atoms in total. The molecule has 1 unspecified atom stereocenters. The fourth-order valence-electron chi connectivity index (χ4n) is 4.85. The Morgan fingerprint density at radius 3 is 2.26 bits per heavy atom. The molecule has 0 bridgehead atoms. The zero-order valence-electron chi connectivity index (χ0n) is 25.1. The van der Waals surface area contributed by atoms with Crippen LogP contribution in [0.3, 0.4) is 0 Å². The Hall–Kier alpha value is -3.84. The number of hydrogen-bond acceptors (Lipinski definition) is 7. The Kier molecular flexibility index (Phi) is 11.0. The van der Waals surface area contributed by atoms with Gasteiger partial charge in [0.1, 0.15) is 6.04 Å². The van der Waals surface area contributed by atoms with Gasteiger partial charge in [-0.1, -0.05) is 86.3 Å². The van der Waals surface area contributed by atoms with Gasteiger partial charge in [0, 0.05) is 11.4 Å². The minimum Gasteiger partial charge on any atom is -0.463 e. The molecule has 4 rings (SSSR count). The summed E-state index contributed by atoms with van der Waals surface area (Å²) in [5.41, 5.74) is 7.25. The number of esters is 2. The zero-order valence-corrected chi connectivity index (χ0v) is 25.9. The number of benzene rings is 3. The largest absolute Gasteiger partial charge is 0.463 e. The van der Waals surface area contributed by atoms with Crippen molar-refractivity contribution in [3.8, 4) is 11.1 Å². The fourth-order valence-corrected chi connectivity index (χ4v) is 5.73. The SMILES string of the molecule is CCOC(=O)C1=C(C)NC(SCCCc2ccc(C(C)C)cc2)=NC1c1ccc(-c2cccc(C(=O)OCC)c2)cc1. The molecule has 1 heterocycles. The third-order valence-electron chi connectivity index (χ3n) is 7.14. The molecule has 7 heteroatoms. The number of rotatable bonds is 11. The number of carbonyl (C=O) groups excluding carboxylic acids is 2. The molecule has 0 radical (unpaired) electrons. The molecule has 0 saturated heterocycles. The van der Waals surface area contributed by atoms with Crippen molar-refractivity contribution in [2.45, 2.75) is 59.4 Å². The first-order valence-electron chi connectivity index (χ1n) is 14.6. The van der Waals surface area contributed by atoms with Gasteiger partial charge in [-0.3, -0.25) is 0 Å². The third kappa shape index (κ3) is 7.91. The standard InChI is InChI=1S/C35H40N2O4S/c1-6-40-33(38)30-12-8-11-29(22-30)27-17-19-28(20-18-27)32-31(34(39)41-7-2)24(5)36-35(37-32)42-21-9-10-25-13-15-26(16-14-25)23(3)4/h8,11-20,22-23,32H,6-7,9-10,21H2,1-5H3,(H,36,37). The summed E-state index contributed by atoms with van der Waals surface area (Å²) in [6, 6.07) is 23.8. The molecule has 0 aromatic heterocycles. The van der Waals surface area contributed by atoms with Crippen molar-refractivity contribution < 1.29 is 19.1 Å². The summed E-state index contributed by atoms with van der Waals surface area (Å²) in [6.07, 6.45) is 2.02. The van der Waals surface area contributed by atoms with E-state index in [1.165, 1.54) is 11.1 Å². The quantitative estimate of drug-likeness (QED) is 0.183. The molecule has 1 aliphatic rings. The average Bonchev–Trinajstić information content (AvgIpc) is 2.99. The second kappa shape index (κ2) is 14.9. The van der Waals surface area contributed by atoms with E-state index in [1.54, 1.807) is 31.7 Å². The van der Waals surface area contributed by atoms with Crippen molar-refractivity contribution in [1.29, 1.82) is 0 Å². The topological polar surface area (TPSA) is 77.0 Å². The van der Waals surface area contributed by atoms with Crippen LogP contribution in [-0.2, 0) is 20.7 Å². The summed E-state index contributed by atoms with van der Waals surface area (Å²) in [6.45, 7) is 10.5. The summed E-state index contributed by atoms with van der Waals surface area (Å²) in [5.74, 6) is 0.736. The summed E-state index contributed by atoms with van der Waals surface area (Å²) < 4.78 is 10.6. The van der Waals surface area contributed by atoms with E-state index in [2.05, 4.69) is 43.4 Å². The Morgan fingerprint density at radius 2 is 1.60 bits per heavy atom. The Bertz CT molecular complexity index is 1440. The number of thioether (sulfide) groups is 1. The normalized spacial score (nSPS) is 14.8. The van der Waals surface area contributed by atoms with E-state index in [0.29, 0.717) is 30.3 Å².